The zero-order chi connectivity index (χ0) is 21.6. The fourth-order valence-corrected chi connectivity index (χ4v) is 4.60. The minimum absolute atomic E-state index is 0.0256. The number of hydrogen-bond donors (Lipinski definition) is 0. The molecule has 2 aliphatic rings. The van der Waals surface area contributed by atoms with E-state index in [2.05, 4.69) is 31.9 Å². The average Bonchev–Trinajstić information content (AvgIpc) is 2.69. The van der Waals surface area contributed by atoms with Gasteiger partial charge >= 0.3 is 5.63 Å². The van der Waals surface area contributed by atoms with Crippen molar-refractivity contribution in [1.82, 2.24) is 9.80 Å². The number of fused-ring (bicyclic) bond motifs is 2. The van der Waals surface area contributed by atoms with Crippen molar-refractivity contribution < 1.29 is 13.9 Å². The predicted octanol–water partition coefficient (Wildman–Crippen LogP) is 3.30. The first-order valence-electron chi connectivity index (χ1n) is 10.9. The van der Waals surface area contributed by atoms with E-state index in [1.807, 2.05) is 24.9 Å². The van der Waals surface area contributed by atoms with E-state index in [4.69, 9.17) is 9.15 Å². The van der Waals surface area contributed by atoms with Gasteiger partial charge in [-0.2, -0.15) is 0 Å². The fraction of sp³-hybridized carbons (Fsp3) is 0.583. The average molecular weight is 413 g/mol. The summed E-state index contributed by atoms with van der Waals surface area (Å²) in [5, 5.41) is 0.890. The van der Waals surface area contributed by atoms with Gasteiger partial charge in [0.25, 0.3) is 0 Å². The van der Waals surface area contributed by atoms with Crippen LogP contribution in [0.5, 0.6) is 5.75 Å². The maximum absolute atomic E-state index is 12.9. The van der Waals surface area contributed by atoms with Crippen LogP contribution in [0.15, 0.2) is 21.3 Å². The van der Waals surface area contributed by atoms with Crippen LogP contribution in [0.4, 0.5) is 0 Å². The molecule has 1 amide bonds. The quantitative estimate of drug-likeness (QED) is 0.724. The summed E-state index contributed by atoms with van der Waals surface area (Å²) >= 11 is 0. The monoisotopic (exact) mass is 412 g/mol. The number of hydrogen-bond acceptors (Lipinski definition) is 5. The molecule has 2 aliphatic heterocycles. The van der Waals surface area contributed by atoms with Crippen molar-refractivity contribution in [2.24, 2.45) is 0 Å². The summed E-state index contributed by atoms with van der Waals surface area (Å²) in [6, 6.07) is 4.12. The number of piperidine rings is 1. The van der Waals surface area contributed by atoms with Crippen LogP contribution in [0.1, 0.15) is 49.8 Å². The lowest BCUT2D eigenvalue weighted by molar-refractivity contribution is -0.132. The van der Waals surface area contributed by atoms with Gasteiger partial charge in [0, 0.05) is 24.5 Å². The van der Waals surface area contributed by atoms with Crippen molar-refractivity contribution in [3.05, 3.63) is 39.2 Å². The molecule has 0 aliphatic carbocycles. The molecule has 0 N–H and O–H groups in total. The molecular weight excluding hydrogens is 380 g/mol. The maximum Gasteiger partial charge on any atom is 0.340 e. The van der Waals surface area contributed by atoms with Crippen molar-refractivity contribution >= 4 is 16.9 Å². The topological polar surface area (TPSA) is 63.0 Å². The van der Waals surface area contributed by atoms with Gasteiger partial charge in [-0.1, -0.05) is 0 Å². The van der Waals surface area contributed by atoms with Crippen LogP contribution < -0.4 is 10.4 Å². The van der Waals surface area contributed by atoms with Crippen LogP contribution in [0, 0.1) is 6.92 Å². The van der Waals surface area contributed by atoms with E-state index in [1.165, 1.54) is 0 Å². The lowest BCUT2D eigenvalue weighted by atomic mass is 9.92. The second kappa shape index (κ2) is 7.73. The van der Waals surface area contributed by atoms with E-state index in [0.717, 1.165) is 61.0 Å². The first-order valence-corrected chi connectivity index (χ1v) is 10.9. The smallest absolute Gasteiger partial charge is 0.340 e. The number of likely N-dealkylation sites (N-methyl/N-ethyl adjacent to an activating group) is 1. The Labute approximate surface area is 177 Å². The van der Waals surface area contributed by atoms with Crippen LogP contribution in [0.25, 0.3) is 11.0 Å². The minimum atomic E-state index is -0.430. The van der Waals surface area contributed by atoms with Gasteiger partial charge in [-0.3, -0.25) is 4.79 Å². The molecule has 1 saturated heterocycles. The zero-order valence-electron chi connectivity index (χ0n) is 18.7. The normalized spacial score (nSPS) is 19.4. The summed E-state index contributed by atoms with van der Waals surface area (Å²) in [6.07, 6.45) is 3.87. The molecule has 4 rings (SSSR count). The number of rotatable bonds is 3. The van der Waals surface area contributed by atoms with Crippen LogP contribution >= 0.6 is 0 Å². The minimum Gasteiger partial charge on any atom is -0.487 e. The second-order valence-electron chi connectivity index (χ2n) is 9.53. The molecule has 0 bridgehead atoms. The zero-order valence-corrected chi connectivity index (χ0v) is 18.7. The number of amides is 1. The molecule has 162 valence electrons. The number of ether oxygens (including phenoxy) is 1. The van der Waals surface area contributed by atoms with Crippen LogP contribution in [-0.4, -0.2) is 54.5 Å². The number of nitrogens with zero attached hydrogens (tertiary/aromatic N) is 2. The van der Waals surface area contributed by atoms with Crippen molar-refractivity contribution in [3.63, 3.8) is 0 Å². The molecular formula is C24H32N2O4. The molecule has 3 heterocycles. The highest BCUT2D eigenvalue weighted by Crippen LogP contribution is 2.36. The highest BCUT2D eigenvalue weighted by Gasteiger charge is 2.29. The highest BCUT2D eigenvalue weighted by molar-refractivity contribution is 5.86. The van der Waals surface area contributed by atoms with Crippen molar-refractivity contribution in [1.29, 1.82) is 0 Å². The van der Waals surface area contributed by atoms with Crippen molar-refractivity contribution in [2.45, 2.75) is 64.5 Å². The van der Waals surface area contributed by atoms with Gasteiger partial charge in [-0.15, -0.1) is 0 Å². The Morgan fingerprint density at radius 2 is 1.97 bits per heavy atom. The third-order valence-corrected chi connectivity index (χ3v) is 6.81. The molecule has 1 aromatic carbocycles. The van der Waals surface area contributed by atoms with Crippen LogP contribution in [-0.2, 0) is 17.6 Å². The first-order chi connectivity index (χ1) is 14.1. The van der Waals surface area contributed by atoms with Gasteiger partial charge in [0.1, 0.15) is 16.9 Å². The fourth-order valence-electron chi connectivity index (χ4n) is 4.60. The van der Waals surface area contributed by atoms with Gasteiger partial charge in [0.15, 0.2) is 0 Å². The molecule has 6 heteroatoms. The van der Waals surface area contributed by atoms with Crippen LogP contribution in [0.2, 0.25) is 0 Å². The number of carbonyl (C=O) groups is 1. The number of benzene rings is 1. The lowest BCUT2D eigenvalue weighted by Crippen LogP contribution is -2.45. The number of carbonyl (C=O) groups excluding carboxylic acids is 1. The van der Waals surface area contributed by atoms with Crippen molar-refractivity contribution in [2.75, 3.05) is 27.2 Å². The molecule has 30 heavy (non-hydrogen) atoms. The number of likely N-dealkylation sites (tertiary alicyclic amines) is 1. The summed E-state index contributed by atoms with van der Waals surface area (Å²) < 4.78 is 11.7. The Morgan fingerprint density at radius 3 is 2.67 bits per heavy atom. The summed E-state index contributed by atoms with van der Waals surface area (Å²) in [5.41, 5.74) is 2.29. The van der Waals surface area contributed by atoms with Gasteiger partial charge in [0.05, 0.1) is 12.0 Å². The molecule has 0 spiro atoms. The molecule has 6 nitrogen and oxygen atoms in total. The largest absolute Gasteiger partial charge is 0.487 e. The molecule has 2 aromatic rings. The highest BCUT2D eigenvalue weighted by atomic mass is 16.5. The van der Waals surface area contributed by atoms with E-state index < -0.39 is 5.63 Å². The molecule has 1 aromatic heterocycles. The van der Waals surface area contributed by atoms with Crippen LogP contribution in [0.3, 0.4) is 0 Å². The van der Waals surface area contributed by atoms with E-state index in [0.29, 0.717) is 11.1 Å². The molecule has 0 unspecified atom stereocenters. The Morgan fingerprint density at radius 1 is 1.27 bits per heavy atom. The third-order valence-electron chi connectivity index (χ3n) is 6.81. The summed E-state index contributed by atoms with van der Waals surface area (Å²) in [7, 11) is 3.96. The van der Waals surface area contributed by atoms with E-state index in [9.17, 15) is 9.59 Å². The number of aryl methyl sites for hydroxylation is 2. The lowest BCUT2D eigenvalue weighted by Gasteiger charge is -2.35. The van der Waals surface area contributed by atoms with E-state index >= 15 is 0 Å². The standard InChI is InChI=1S/C24H32N2O4/c1-15-18-12-16-6-9-24(2,3)30-20(16)14-21(18)29-23(28)19(15)13-22(27)26(5)17-7-10-25(4)11-8-17/h12,14,17H,6-11,13H2,1-5H3. The molecule has 0 atom stereocenters. The summed E-state index contributed by atoms with van der Waals surface area (Å²) in [6.45, 7) is 8.03. The van der Waals surface area contributed by atoms with Gasteiger partial charge in [-0.25, -0.2) is 4.79 Å². The summed E-state index contributed by atoms with van der Waals surface area (Å²) in [5.74, 6) is 0.759. The first kappa shape index (κ1) is 20.9. The SMILES string of the molecule is Cc1c(CC(=O)N(C)C2CCN(C)CC2)c(=O)oc2cc3c(cc12)CCC(C)(C)O3. The maximum atomic E-state index is 12.9. The van der Waals surface area contributed by atoms with Gasteiger partial charge < -0.3 is 19.0 Å². The second-order valence-corrected chi connectivity index (χ2v) is 9.53. The molecule has 0 saturated carbocycles. The Balaban J connectivity index is 1.62. The Kier molecular flexibility index (Phi) is 5.39. The summed E-state index contributed by atoms with van der Waals surface area (Å²) in [4.78, 5) is 29.8. The van der Waals surface area contributed by atoms with E-state index in [-0.39, 0.29) is 24.0 Å². The molecule has 1 fully saturated rings. The predicted molar refractivity (Wildman–Crippen MR) is 117 cm³/mol. The Hall–Kier alpha value is -2.34. The molecule has 0 radical (unpaired) electrons. The Bertz CT molecular complexity index is 1030. The van der Waals surface area contributed by atoms with Gasteiger partial charge in [0.2, 0.25) is 5.91 Å². The van der Waals surface area contributed by atoms with Gasteiger partial charge in [-0.05, 0) is 83.8 Å². The van der Waals surface area contributed by atoms with E-state index in [1.54, 1.807) is 0 Å². The third kappa shape index (κ3) is 3.97. The van der Waals surface area contributed by atoms with Crippen molar-refractivity contribution in [3.8, 4) is 5.75 Å².